The van der Waals surface area contributed by atoms with Gasteiger partial charge in [-0.3, -0.25) is 0 Å². The first kappa shape index (κ1) is 17.0. The van der Waals surface area contributed by atoms with Gasteiger partial charge in [0, 0.05) is 16.7 Å². The van der Waals surface area contributed by atoms with Crippen LogP contribution < -0.4 is 5.32 Å². The molecule has 1 unspecified atom stereocenters. The highest BCUT2D eigenvalue weighted by molar-refractivity contribution is 7.99. The molecule has 0 aliphatic carbocycles. The lowest BCUT2D eigenvalue weighted by molar-refractivity contribution is 0.617. The largest absolute Gasteiger partial charge is 0.316 e. The lowest BCUT2D eigenvalue weighted by atomic mass is 10.1. The maximum Gasteiger partial charge on any atom is 0.0624 e. The second-order valence-corrected chi connectivity index (χ2v) is 6.90. The smallest absolute Gasteiger partial charge is 0.0624 e. The topological polar surface area (TPSA) is 12.0 Å². The van der Waals surface area contributed by atoms with Crippen LogP contribution in [0.25, 0.3) is 0 Å². The number of likely N-dealkylation sites (N-methyl/N-ethyl adjacent to an activating group) is 1. The molecule has 1 N–H and O–H groups in total. The number of rotatable bonds is 6. The predicted molar refractivity (Wildman–Crippen MR) is 95.2 cm³/mol. The van der Waals surface area contributed by atoms with Gasteiger partial charge in [-0.25, -0.2) is 0 Å². The highest BCUT2D eigenvalue weighted by Crippen LogP contribution is 2.29. The molecule has 0 spiro atoms. The monoisotopic (exact) mass is 359 g/mol. The first-order valence-corrected chi connectivity index (χ1v) is 8.71. The fourth-order valence-electron chi connectivity index (χ4n) is 1.97. The van der Waals surface area contributed by atoms with Crippen LogP contribution in [0.15, 0.2) is 47.4 Å². The summed E-state index contributed by atoms with van der Waals surface area (Å²) in [4.78, 5) is 1.09. The zero-order valence-corrected chi connectivity index (χ0v) is 14.7. The summed E-state index contributed by atoms with van der Waals surface area (Å²) in [6.07, 6.45) is 0.827. The Morgan fingerprint density at radius 3 is 2.43 bits per heavy atom. The van der Waals surface area contributed by atoms with Crippen molar-refractivity contribution in [1.29, 1.82) is 0 Å². The highest BCUT2D eigenvalue weighted by Gasteiger charge is 2.12. The third-order valence-electron chi connectivity index (χ3n) is 3.18. The maximum absolute atomic E-state index is 6.25. The summed E-state index contributed by atoms with van der Waals surface area (Å²) < 4.78 is 0. The molecule has 0 bridgehead atoms. The van der Waals surface area contributed by atoms with Crippen LogP contribution in [0.4, 0.5) is 0 Å². The van der Waals surface area contributed by atoms with Gasteiger partial charge < -0.3 is 5.32 Å². The number of halogens is 3. The van der Waals surface area contributed by atoms with Crippen LogP contribution in [-0.4, -0.2) is 18.8 Å². The molecule has 0 fully saturated rings. The standard InChI is InChI=1S/C16H16Cl3NS/c1-20-12(9-11-5-4-7-14(18)16(11)19)10-21-15-8-3-2-6-13(15)17/h2-8,12,20H,9-10H2,1H3. The molecule has 0 radical (unpaired) electrons. The Bertz CT molecular complexity index is 604. The number of hydrogen-bond donors (Lipinski definition) is 1. The summed E-state index contributed by atoms with van der Waals surface area (Å²) in [7, 11) is 1.95. The molecule has 2 rings (SSSR count). The van der Waals surface area contributed by atoms with Crippen LogP contribution in [0.2, 0.25) is 15.1 Å². The van der Waals surface area contributed by atoms with E-state index in [-0.39, 0.29) is 0 Å². The number of thioether (sulfide) groups is 1. The second kappa shape index (κ2) is 8.30. The van der Waals surface area contributed by atoms with Crippen LogP contribution in [0.1, 0.15) is 5.56 Å². The molecule has 0 aromatic heterocycles. The normalized spacial score (nSPS) is 12.4. The summed E-state index contributed by atoms with van der Waals surface area (Å²) in [5.41, 5.74) is 1.06. The van der Waals surface area contributed by atoms with Gasteiger partial charge in [-0.05, 0) is 37.2 Å². The molecule has 0 saturated carbocycles. The number of hydrogen-bond acceptors (Lipinski definition) is 2. The summed E-state index contributed by atoms with van der Waals surface area (Å²) in [5.74, 6) is 0.906. The Morgan fingerprint density at radius 2 is 1.71 bits per heavy atom. The zero-order valence-electron chi connectivity index (χ0n) is 11.6. The van der Waals surface area contributed by atoms with Crippen molar-refractivity contribution in [3.05, 3.63) is 63.1 Å². The Balaban J connectivity index is 2.01. The van der Waals surface area contributed by atoms with E-state index in [4.69, 9.17) is 34.8 Å². The highest BCUT2D eigenvalue weighted by atomic mass is 35.5. The SMILES string of the molecule is CNC(CSc1ccccc1Cl)Cc1cccc(Cl)c1Cl. The molecule has 1 nitrogen and oxygen atoms in total. The van der Waals surface area contributed by atoms with E-state index in [2.05, 4.69) is 5.32 Å². The van der Waals surface area contributed by atoms with Gasteiger partial charge in [0.25, 0.3) is 0 Å². The predicted octanol–water partition coefficient (Wildman–Crippen LogP) is 5.57. The number of nitrogens with one attached hydrogen (secondary N) is 1. The van der Waals surface area contributed by atoms with Crippen LogP contribution in [-0.2, 0) is 6.42 Å². The van der Waals surface area contributed by atoms with Gasteiger partial charge >= 0.3 is 0 Å². The fraction of sp³-hybridized carbons (Fsp3) is 0.250. The molecule has 0 aliphatic heterocycles. The lowest BCUT2D eigenvalue weighted by Gasteiger charge is -2.17. The number of benzene rings is 2. The summed E-state index contributed by atoms with van der Waals surface area (Å²) in [5, 5.41) is 5.35. The minimum Gasteiger partial charge on any atom is -0.316 e. The molecule has 2 aromatic carbocycles. The fourth-order valence-corrected chi connectivity index (χ4v) is 3.71. The average molecular weight is 361 g/mol. The molecule has 1 atom stereocenters. The Kier molecular flexibility index (Phi) is 6.72. The second-order valence-electron chi connectivity index (χ2n) is 4.64. The third-order valence-corrected chi connectivity index (χ3v) is 5.72. The average Bonchev–Trinajstić information content (AvgIpc) is 2.49. The molecular weight excluding hydrogens is 345 g/mol. The molecule has 5 heteroatoms. The van der Waals surface area contributed by atoms with Gasteiger partial charge in [-0.15, -0.1) is 11.8 Å². The minimum absolute atomic E-state index is 0.294. The molecule has 0 saturated heterocycles. The summed E-state index contributed by atoms with van der Waals surface area (Å²) >= 11 is 20.2. The van der Waals surface area contributed by atoms with Gasteiger partial charge in [0.1, 0.15) is 0 Å². The Morgan fingerprint density at radius 1 is 1.00 bits per heavy atom. The first-order valence-electron chi connectivity index (χ1n) is 6.59. The minimum atomic E-state index is 0.294. The Labute approximate surface area is 145 Å². The van der Waals surface area contributed by atoms with E-state index < -0.39 is 0 Å². The molecule has 21 heavy (non-hydrogen) atoms. The van der Waals surface area contributed by atoms with Gasteiger partial charge in [0.2, 0.25) is 0 Å². The zero-order chi connectivity index (χ0) is 15.2. The first-order chi connectivity index (χ1) is 10.1. The molecule has 0 amide bonds. The van der Waals surface area contributed by atoms with Crippen molar-refractivity contribution in [3.63, 3.8) is 0 Å². The van der Waals surface area contributed by atoms with Gasteiger partial charge in [-0.2, -0.15) is 0 Å². The van der Waals surface area contributed by atoms with E-state index in [0.717, 1.165) is 27.7 Å². The van der Waals surface area contributed by atoms with E-state index in [0.29, 0.717) is 16.1 Å². The van der Waals surface area contributed by atoms with Gasteiger partial charge in [0.15, 0.2) is 0 Å². The lowest BCUT2D eigenvalue weighted by Crippen LogP contribution is -2.30. The van der Waals surface area contributed by atoms with E-state index in [1.165, 1.54) is 0 Å². The maximum atomic E-state index is 6.25. The van der Waals surface area contributed by atoms with Crippen molar-refractivity contribution in [3.8, 4) is 0 Å². The van der Waals surface area contributed by atoms with Crippen molar-refractivity contribution >= 4 is 46.6 Å². The van der Waals surface area contributed by atoms with Crippen molar-refractivity contribution < 1.29 is 0 Å². The van der Waals surface area contributed by atoms with Crippen molar-refractivity contribution in [2.45, 2.75) is 17.4 Å². The molecular formula is C16H16Cl3NS. The van der Waals surface area contributed by atoms with Crippen molar-refractivity contribution in [2.24, 2.45) is 0 Å². The molecule has 0 heterocycles. The molecule has 112 valence electrons. The van der Waals surface area contributed by atoms with Crippen LogP contribution in [0, 0.1) is 0 Å². The Hall–Kier alpha value is -0.380. The van der Waals surface area contributed by atoms with Crippen LogP contribution in [0.3, 0.4) is 0 Å². The van der Waals surface area contributed by atoms with E-state index in [9.17, 15) is 0 Å². The quantitative estimate of drug-likeness (QED) is 0.676. The summed E-state index contributed by atoms with van der Waals surface area (Å²) in [6, 6.07) is 13.9. The molecule has 2 aromatic rings. The molecule has 0 aliphatic rings. The van der Waals surface area contributed by atoms with E-state index in [1.54, 1.807) is 17.8 Å². The van der Waals surface area contributed by atoms with E-state index >= 15 is 0 Å². The summed E-state index contributed by atoms with van der Waals surface area (Å²) in [6.45, 7) is 0. The van der Waals surface area contributed by atoms with Crippen molar-refractivity contribution in [2.75, 3.05) is 12.8 Å². The van der Waals surface area contributed by atoms with Crippen molar-refractivity contribution in [1.82, 2.24) is 5.32 Å². The van der Waals surface area contributed by atoms with E-state index in [1.807, 2.05) is 43.4 Å². The van der Waals surface area contributed by atoms with Crippen LogP contribution in [0.5, 0.6) is 0 Å². The van der Waals surface area contributed by atoms with Gasteiger partial charge in [0.05, 0.1) is 15.1 Å². The van der Waals surface area contributed by atoms with Gasteiger partial charge in [-0.1, -0.05) is 59.1 Å². The third kappa shape index (κ3) is 4.80. The van der Waals surface area contributed by atoms with Crippen LogP contribution >= 0.6 is 46.6 Å².